The first-order valence-electron chi connectivity index (χ1n) is 7.39. The molecule has 0 saturated heterocycles. The number of nitrogens with two attached hydrogens (primary N) is 1. The number of aryl methyl sites for hydroxylation is 2. The van der Waals surface area contributed by atoms with Crippen molar-refractivity contribution in [2.45, 2.75) is 26.1 Å². The molecule has 0 amide bonds. The third kappa shape index (κ3) is 6.32. The summed E-state index contributed by atoms with van der Waals surface area (Å²) >= 11 is 1.66. The van der Waals surface area contributed by atoms with E-state index in [1.54, 1.807) is 23.9 Å². The van der Waals surface area contributed by atoms with E-state index in [1.807, 2.05) is 32.2 Å². The minimum atomic E-state index is -0.219. The van der Waals surface area contributed by atoms with Gasteiger partial charge in [-0.05, 0) is 66.6 Å². The van der Waals surface area contributed by atoms with Crippen molar-refractivity contribution in [2.24, 2.45) is 10.7 Å². The first-order chi connectivity index (χ1) is 11.0. The van der Waals surface area contributed by atoms with Gasteiger partial charge in [-0.15, -0.1) is 24.0 Å². The summed E-state index contributed by atoms with van der Waals surface area (Å²) in [6.45, 7) is 4.51. The van der Waals surface area contributed by atoms with Crippen LogP contribution in [0.15, 0.2) is 41.4 Å². The number of hydrogen-bond donors (Lipinski definition) is 2. The number of guanidine groups is 1. The summed E-state index contributed by atoms with van der Waals surface area (Å²) in [7, 11) is 0. The van der Waals surface area contributed by atoms with Gasteiger partial charge in [-0.25, -0.2) is 9.38 Å². The second kappa shape index (κ2) is 9.88. The number of hydrogen-bond acceptors (Lipinski definition) is 2. The zero-order chi connectivity index (χ0) is 16.8. The van der Waals surface area contributed by atoms with E-state index in [1.165, 1.54) is 17.2 Å². The van der Waals surface area contributed by atoms with E-state index in [9.17, 15) is 4.39 Å². The first kappa shape index (κ1) is 20.8. The van der Waals surface area contributed by atoms with Crippen LogP contribution >= 0.6 is 35.7 Å². The van der Waals surface area contributed by atoms with E-state index in [4.69, 9.17) is 5.73 Å². The van der Waals surface area contributed by atoms with E-state index in [-0.39, 0.29) is 29.8 Å². The number of halogens is 2. The summed E-state index contributed by atoms with van der Waals surface area (Å²) in [4.78, 5) is 4.37. The van der Waals surface area contributed by atoms with E-state index in [2.05, 4.69) is 16.4 Å². The van der Waals surface area contributed by atoms with Crippen LogP contribution < -0.4 is 11.1 Å². The van der Waals surface area contributed by atoms with Crippen molar-refractivity contribution in [3.63, 3.8) is 0 Å². The number of rotatable bonds is 5. The van der Waals surface area contributed by atoms with Gasteiger partial charge in [0.2, 0.25) is 0 Å². The van der Waals surface area contributed by atoms with Gasteiger partial charge in [0.05, 0.1) is 6.54 Å². The Morgan fingerprint density at radius 2 is 1.79 bits per heavy atom. The Kier molecular flexibility index (Phi) is 8.55. The highest BCUT2D eigenvalue weighted by molar-refractivity contribution is 14.0. The predicted molar refractivity (Wildman–Crippen MR) is 114 cm³/mol. The average molecular weight is 459 g/mol. The average Bonchev–Trinajstić information content (AvgIpc) is 2.45. The van der Waals surface area contributed by atoms with Crippen LogP contribution in [-0.4, -0.2) is 12.2 Å². The smallest absolute Gasteiger partial charge is 0.193 e. The summed E-state index contributed by atoms with van der Waals surface area (Å²) in [5.74, 6) is 0.894. The van der Waals surface area contributed by atoms with E-state index in [0.717, 1.165) is 22.6 Å². The summed E-state index contributed by atoms with van der Waals surface area (Å²) in [5.41, 5.74) is 11.2. The minimum absolute atomic E-state index is 0. The van der Waals surface area contributed by atoms with Crippen LogP contribution in [-0.2, 0) is 12.3 Å². The van der Waals surface area contributed by atoms with Crippen molar-refractivity contribution in [3.05, 3.63) is 64.5 Å². The largest absolute Gasteiger partial charge is 0.370 e. The minimum Gasteiger partial charge on any atom is -0.370 e. The molecule has 0 aromatic heterocycles. The first-order valence-corrected chi connectivity index (χ1v) is 8.79. The Morgan fingerprint density at radius 3 is 2.42 bits per heavy atom. The van der Waals surface area contributed by atoms with Crippen LogP contribution in [0.25, 0.3) is 0 Å². The number of thioether (sulfide) groups is 1. The van der Waals surface area contributed by atoms with Crippen LogP contribution in [0, 0.1) is 19.7 Å². The molecule has 3 N–H and O–H groups in total. The molecule has 3 nitrogen and oxygen atoms in total. The normalized spacial score (nSPS) is 11.1. The molecule has 2 rings (SSSR count). The molecule has 0 atom stereocenters. The maximum atomic E-state index is 13.4. The van der Waals surface area contributed by atoms with Crippen molar-refractivity contribution in [2.75, 3.05) is 11.6 Å². The Morgan fingerprint density at radius 1 is 1.12 bits per heavy atom. The van der Waals surface area contributed by atoms with Gasteiger partial charge in [0, 0.05) is 11.4 Å². The molecule has 0 aliphatic heterocycles. The molecule has 0 spiro atoms. The standard InChI is InChI=1S/C18H22FN3S.HI/c1-12-6-13(2)8-17(7-12)22-18(20)21-10-14-4-5-16(19)9-15(14)11-23-3;/h4-9H,10-11H2,1-3H3,(H3,20,21,22);1H. The highest BCUT2D eigenvalue weighted by atomic mass is 127. The monoisotopic (exact) mass is 459 g/mol. The van der Waals surface area contributed by atoms with Gasteiger partial charge in [-0.3, -0.25) is 0 Å². The lowest BCUT2D eigenvalue weighted by Crippen LogP contribution is -2.22. The molecule has 2 aromatic carbocycles. The third-order valence-corrected chi connectivity index (χ3v) is 3.98. The fourth-order valence-electron chi connectivity index (χ4n) is 2.44. The van der Waals surface area contributed by atoms with E-state index in [0.29, 0.717) is 12.5 Å². The van der Waals surface area contributed by atoms with Gasteiger partial charge in [0.1, 0.15) is 5.82 Å². The van der Waals surface area contributed by atoms with E-state index < -0.39 is 0 Å². The topological polar surface area (TPSA) is 50.4 Å². The summed E-state index contributed by atoms with van der Waals surface area (Å²) < 4.78 is 13.4. The fraction of sp³-hybridized carbons (Fsp3) is 0.278. The molecular weight excluding hydrogens is 436 g/mol. The molecule has 24 heavy (non-hydrogen) atoms. The van der Waals surface area contributed by atoms with Gasteiger partial charge in [-0.2, -0.15) is 11.8 Å². The number of nitrogens with one attached hydrogen (secondary N) is 1. The zero-order valence-corrected chi connectivity index (χ0v) is 17.2. The lowest BCUT2D eigenvalue weighted by molar-refractivity contribution is 0.625. The van der Waals surface area contributed by atoms with Crippen molar-refractivity contribution in [1.29, 1.82) is 0 Å². The second-order valence-electron chi connectivity index (χ2n) is 5.55. The molecule has 0 bridgehead atoms. The van der Waals surface area contributed by atoms with Crippen LogP contribution in [0.4, 0.5) is 10.1 Å². The van der Waals surface area contributed by atoms with Crippen LogP contribution in [0.2, 0.25) is 0 Å². The molecule has 0 aliphatic carbocycles. The number of anilines is 1. The van der Waals surface area contributed by atoms with Crippen molar-refractivity contribution < 1.29 is 4.39 Å². The number of aliphatic imine (C=N–C) groups is 1. The van der Waals surface area contributed by atoms with Gasteiger partial charge in [0.25, 0.3) is 0 Å². The molecule has 6 heteroatoms. The third-order valence-electron chi connectivity index (χ3n) is 3.38. The molecule has 0 aliphatic rings. The molecular formula is C18H23FIN3S. The Bertz CT molecular complexity index is 699. The van der Waals surface area contributed by atoms with Crippen LogP contribution in [0.3, 0.4) is 0 Å². The van der Waals surface area contributed by atoms with Gasteiger partial charge < -0.3 is 11.1 Å². The summed E-state index contributed by atoms with van der Waals surface area (Å²) in [6.07, 6.45) is 1.99. The molecule has 0 radical (unpaired) electrons. The molecule has 0 heterocycles. The Balaban J connectivity index is 0.00000288. The fourth-order valence-corrected chi connectivity index (χ4v) is 3.02. The number of benzene rings is 2. The highest BCUT2D eigenvalue weighted by Gasteiger charge is 2.04. The van der Waals surface area contributed by atoms with Crippen molar-refractivity contribution in [1.82, 2.24) is 0 Å². The molecule has 0 saturated carbocycles. The maximum Gasteiger partial charge on any atom is 0.193 e. The lowest BCUT2D eigenvalue weighted by atomic mass is 10.1. The lowest BCUT2D eigenvalue weighted by Gasteiger charge is -2.10. The van der Waals surface area contributed by atoms with Crippen molar-refractivity contribution >= 4 is 47.4 Å². The molecule has 0 unspecified atom stereocenters. The van der Waals surface area contributed by atoms with Crippen molar-refractivity contribution in [3.8, 4) is 0 Å². The number of nitrogens with zero attached hydrogens (tertiary/aromatic N) is 1. The Hall–Kier alpha value is -1.28. The Labute approximate surface area is 164 Å². The quantitative estimate of drug-likeness (QED) is 0.382. The summed E-state index contributed by atoms with van der Waals surface area (Å²) in [5, 5.41) is 3.11. The van der Waals surface area contributed by atoms with Crippen LogP contribution in [0.5, 0.6) is 0 Å². The maximum absolute atomic E-state index is 13.4. The predicted octanol–water partition coefficient (Wildman–Crippen LogP) is 4.85. The van der Waals surface area contributed by atoms with Crippen LogP contribution in [0.1, 0.15) is 22.3 Å². The van der Waals surface area contributed by atoms with Gasteiger partial charge in [0.15, 0.2) is 5.96 Å². The SMILES string of the molecule is CSCc1cc(F)ccc1CN=C(N)Nc1cc(C)cc(C)c1.I. The highest BCUT2D eigenvalue weighted by Crippen LogP contribution is 2.18. The summed E-state index contributed by atoms with van der Waals surface area (Å²) in [6, 6.07) is 10.9. The van der Waals surface area contributed by atoms with Gasteiger partial charge in [-0.1, -0.05) is 12.1 Å². The second-order valence-corrected chi connectivity index (χ2v) is 6.41. The van der Waals surface area contributed by atoms with Gasteiger partial charge >= 0.3 is 0 Å². The molecule has 130 valence electrons. The zero-order valence-electron chi connectivity index (χ0n) is 14.1. The van der Waals surface area contributed by atoms with E-state index >= 15 is 0 Å². The molecule has 0 fully saturated rings. The molecule has 2 aromatic rings.